The summed E-state index contributed by atoms with van der Waals surface area (Å²) in [5, 5.41) is 7.02. The van der Waals surface area contributed by atoms with Crippen molar-refractivity contribution in [3.05, 3.63) is 67.4 Å². The van der Waals surface area contributed by atoms with Gasteiger partial charge >= 0.3 is 0 Å². The fourth-order valence-electron chi connectivity index (χ4n) is 3.51. The molecule has 0 amide bonds. The Morgan fingerprint density at radius 1 is 1.11 bits per heavy atom. The van der Waals surface area contributed by atoms with E-state index >= 15 is 0 Å². The first kappa shape index (κ1) is 18.6. The van der Waals surface area contributed by atoms with E-state index < -0.39 is 0 Å². The molecule has 28 heavy (non-hydrogen) atoms. The van der Waals surface area contributed by atoms with Crippen LogP contribution in [0.3, 0.4) is 0 Å². The number of thioether (sulfide) groups is 1. The van der Waals surface area contributed by atoms with Crippen molar-refractivity contribution in [2.24, 2.45) is 0 Å². The highest BCUT2D eigenvalue weighted by atomic mass is 32.2. The fourth-order valence-corrected chi connectivity index (χ4v) is 3.83. The molecule has 2 aromatic rings. The van der Waals surface area contributed by atoms with E-state index in [0.29, 0.717) is 18.0 Å². The normalized spacial score (nSPS) is 21.2. The van der Waals surface area contributed by atoms with Crippen molar-refractivity contribution in [2.45, 2.75) is 36.2 Å². The van der Waals surface area contributed by atoms with Crippen LogP contribution in [0.4, 0.5) is 17.5 Å². The maximum absolute atomic E-state index is 4.49. The minimum absolute atomic E-state index is 0.371. The Kier molecular flexibility index (Phi) is 5.62. The third-order valence-electron chi connectivity index (χ3n) is 4.95. The van der Waals surface area contributed by atoms with Crippen molar-refractivity contribution in [1.82, 2.24) is 15.0 Å². The van der Waals surface area contributed by atoms with Crippen LogP contribution in [-0.4, -0.2) is 33.3 Å². The Hall–Kier alpha value is -2.80. The summed E-state index contributed by atoms with van der Waals surface area (Å²) in [6.45, 7) is 4.09. The van der Waals surface area contributed by atoms with E-state index in [1.165, 1.54) is 0 Å². The van der Waals surface area contributed by atoms with E-state index in [2.05, 4.69) is 43.1 Å². The SMILES string of the molecule is C=C1C=CC=CN1c1ccnc(N[C@H]2CC[C@H](Nc3ncc(SC)cn3)C2)c1. The smallest absolute Gasteiger partial charge is 0.222 e. The van der Waals surface area contributed by atoms with Gasteiger partial charge in [-0.2, -0.15) is 0 Å². The van der Waals surface area contributed by atoms with Gasteiger partial charge in [0.15, 0.2) is 0 Å². The molecule has 1 aliphatic heterocycles. The average molecular weight is 393 g/mol. The summed E-state index contributed by atoms with van der Waals surface area (Å²) in [6.07, 6.45) is 18.8. The Morgan fingerprint density at radius 2 is 1.89 bits per heavy atom. The third kappa shape index (κ3) is 4.36. The van der Waals surface area contributed by atoms with Crippen LogP contribution in [-0.2, 0) is 0 Å². The van der Waals surface area contributed by atoms with Crippen molar-refractivity contribution in [3.8, 4) is 0 Å². The zero-order valence-electron chi connectivity index (χ0n) is 15.9. The highest BCUT2D eigenvalue weighted by Gasteiger charge is 2.25. The van der Waals surface area contributed by atoms with Crippen LogP contribution in [0.5, 0.6) is 0 Å². The predicted molar refractivity (Wildman–Crippen MR) is 117 cm³/mol. The second kappa shape index (κ2) is 8.48. The van der Waals surface area contributed by atoms with Crippen LogP contribution >= 0.6 is 11.8 Å². The van der Waals surface area contributed by atoms with Crippen LogP contribution in [0.2, 0.25) is 0 Å². The summed E-state index contributed by atoms with van der Waals surface area (Å²) < 4.78 is 0. The number of aromatic nitrogens is 3. The van der Waals surface area contributed by atoms with Gasteiger partial charge in [-0.3, -0.25) is 0 Å². The van der Waals surface area contributed by atoms with Gasteiger partial charge in [-0.25, -0.2) is 15.0 Å². The largest absolute Gasteiger partial charge is 0.367 e. The number of anilines is 3. The second-order valence-electron chi connectivity index (χ2n) is 6.90. The van der Waals surface area contributed by atoms with Gasteiger partial charge in [0, 0.05) is 53.5 Å². The fraction of sp³-hybridized carbons (Fsp3) is 0.286. The van der Waals surface area contributed by atoms with Gasteiger partial charge in [0.2, 0.25) is 5.95 Å². The zero-order valence-corrected chi connectivity index (χ0v) is 16.7. The van der Waals surface area contributed by atoms with Crippen molar-refractivity contribution < 1.29 is 0 Å². The molecule has 6 nitrogen and oxygen atoms in total. The molecule has 0 bridgehead atoms. The standard InChI is InChI=1S/C21H24N6S/c1-15-5-3-4-10-27(15)18-8-9-22-20(12-18)25-16-6-7-17(11-16)26-21-23-13-19(28-2)14-24-21/h3-5,8-10,12-14,16-17H,1,6-7,11H2,2H3,(H,22,25)(H,23,24,26)/t16-,17-/m0/s1. The summed E-state index contributed by atoms with van der Waals surface area (Å²) in [5.41, 5.74) is 2.00. The van der Waals surface area contributed by atoms with Crippen LogP contribution in [0.15, 0.2) is 72.3 Å². The van der Waals surface area contributed by atoms with E-state index in [4.69, 9.17) is 0 Å². The molecule has 0 radical (unpaired) electrons. The van der Waals surface area contributed by atoms with Crippen molar-refractivity contribution in [2.75, 3.05) is 21.8 Å². The topological polar surface area (TPSA) is 66.0 Å². The molecule has 144 valence electrons. The number of hydrogen-bond acceptors (Lipinski definition) is 7. The maximum atomic E-state index is 4.49. The van der Waals surface area contributed by atoms with Gasteiger partial charge in [-0.05, 0) is 43.7 Å². The first-order valence-electron chi connectivity index (χ1n) is 9.39. The molecule has 0 unspecified atom stereocenters. The van der Waals surface area contributed by atoms with Gasteiger partial charge in [-0.1, -0.05) is 12.7 Å². The first-order valence-corrected chi connectivity index (χ1v) is 10.6. The van der Waals surface area contributed by atoms with E-state index in [1.807, 2.05) is 55.3 Å². The minimum atomic E-state index is 0.371. The van der Waals surface area contributed by atoms with E-state index in [1.54, 1.807) is 11.8 Å². The molecule has 1 saturated carbocycles. The van der Waals surface area contributed by atoms with Crippen LogP contribution in [0.25, 0.3) is 0 Å². The lowest BCUT2D eigenvalue weighted by molar-refractivity contribution is 0.716. The third-order valence-corrected chi connectivity index (χ3v) is 5.63. The van der Waals surface area contributed by atoms with Gasteiger partial charge in [0.05, 0.1) is 5.69 Å². The monoisotopic (exact) mass is 392 g/mol. The zero-order chi connectivity index (χ0) is 19.3. The lowest BCUT2D eigenvalue weighted by Crippen LogP contribution is -2.22. The van der Waals surface area contributed by atoms with Crippen molar-refractivity contribution in [3.63, 3.8) is 0 Å². The summed E-state index contributed by atoms with van der Waals surface area (Å²) in [6, 6.07) is 4.81. The second-order valence-corrected chi connectivity index (χ2v) is 7.78. The summed E-state index contributed by atoms with van der Waals surface area (Å²) >= 11 is 1.65. The van der Waals surface area contributed by atoms with Crippen LogP contribution in [0.1, 0.15) is 19.3 Å². The number of rotatable bonds is 6. The first-order chi connectivity index (χ1) is 13.7. The number of hydrogen-bond donors (Lipinski definition) is 2. The number of nitrogens with one attached hydrogen (secondary N) is 2. The molecule has 0 spiro atoms. The molecular formula is C21H24N6S. The molecule has 3 heterocycles. The molecule has 1 aliphatic carbocycles. The van der Waals surface area contributed by atoms with Gasteiger partial charge in [0.1, 0.15) is 5.82 Å². The molecule has 2 aliphatic rings. The predicted octanol–water partition coefficient (Wildman–Crippen LogP) is 4.44. The molecule has 2 atom stereocenters. The number of nitrogens with zero attached hydrogens (tertiary/aromatic N) is 4. The average Bonchev–Trinajstić information content (AvgIpc) is 3.16. The Labute approximate surface area is 169 Å². The Bertz CT molecular complexity index is 892. The lowest BCUT2D eigenvalue weighted by Gasteiger charge is -2.23. The van der Waals surface area contributed by atoms with Crippen LogP contribution in [0, 0.1) is 0 Å². The summed E-state index contributed by atoms with van der Waals surface area (Å²) in [4.78, 5) is 16.4. The summed E-state index contributed by atoms with van der Waals surface area (Å²) in [7, 11) is 0. The molecule has 2 aromatic heterocycles. The van der Waals surface area contributed by atoms with Gasteiger partial charge in [-0.15, -0.1) is 11.8 Å². The lowest BCUT2D eigenvalue weighted by atomic mass is 10.2. The molecule has 2 N–H and O–H groups in total. The Morgan fingerprint density at radius 3 is 2.64 bits per heavy atom. The molecule has 0 saturated heterocycles. The minimum Gasteiger partial charge on any atom is -0.367 e. The molecule has 0 aromatic carbocycles. The van der Waals surface area contributed by atoms with E-state index in [-0.39, 0.29) is 0 Å². The highest BCUT2D eigenvalue weighted by molar-refractivity contribution is 7.98. The van der Waals surface area contributed by atoms with Crippen molar-refractivity contribution in [1.29, 1.82) is 0 Å². The quantitative estimate of drug-likeness (QED) is 0.704. The maximum Gasteiger partial charge on any atom is 0.222 e. The van der Waals surface area contributed by atoms with Gasteiger partial charge in [0.25, 0.3) is 0 Å². The van der Waals surface area contributed by atoms with E-state index in [9.17, 15) is 0 Å². The highest BCUT2D eigenvalue weighted by Crippen LogP contribution is 2.28. The summed E-state index contributed by atoms with van der Waals surface area (Å²) in [5.74, 6) is 1.59. The van der Waals surface area contributed by atoms with E-state index in [0.717, 1.165) is 41.4 Å². The molecule has 7 heteroatoms. The Balaban J connectivity index is 1.35. The molecular weight excluding hydrogens is 368 g/mol. The van der Waals surface area contributed by atoms with Crippen molar-refractivity contribution >= 4 is 29.2 Å². The molecule has 4 rings (SSSR count). The number of pyridine rings is 1. The number of allylic oxidation sites excluding steroid dienone is 3. The molecule has 1 fully saturated rings. The van der Waals surface area contributed by atoms with Gasteiger partial charge < -0.3 is 15.5 Å². The van der Waals surface area contributed by atoms with Crippen LogP contribution < -0.4 is 15.5 Å².